The predicted octanol–water partition coefficient (Wildman–Crippen LogP) is 5.66. The van der Waals surface area contributed by atoms with Crippen LogP contribution in [0.2, 0.25) is 0 Å². The maximum atomic E-state index is 14.3. The lowest BCUT2D eigenvalue weighted by atomic mass is 9.84. The standard InChI is InChI=1S/C19H27F6NO2S/c1-15(2,3)14-10-8-13(9-11-14)12-26(7)29(27,28)19(24,25)18(22,23)17(20,21)16(4,5)6/h8-11H,12H2,1-7H3. The lowest BCUT2D eigenvalue weighted by molar-refractivity contribution is -0.312. The fourth-order valence-electron chi connectivity index (χ4n) is 2.46. The van der Waals surface area contributed by atoms with E-state index in [1.54, 1.807) is 12.1 Å². The van der Waals surface area contributed by atoms with Gasteiger partial charge in [0.1, 0.15) is 0 Å². The Kier molecular flexibility index (Phi) is 6.61. The molecule has 1 aromatic carbocycles. The fourth-order valence-corrected chi connectivity index (χ4v) is 3.63. The average molecular weight is 447 g/mol. The van der Waals surface area contributed by atoms with Crippen LogP contribution in [0.25, 0.3) is 0 Å². The number of rotatable bonds is 6. The topological polar surface area (TPSA) is 37.4 Å². The summed E-state index contributed by atoms with van der Waals surface area (Å²) < 4.78 is 109. The summed E-state index contributed by atoms with van der Waals surface area (Å²) >= 11 is 0. The van der Waals surface area contributed by atoms with Gasteiger partial charge in [0.15, 0.2) is 0 Å². The zero-order valence-electron chi connectivity index (χ0n) is 17.5. The first kappa shape index (κ1) is 25.7. The molecule has 10 heteroatoms. The molecule has 0 saturated carbocycles. The second-order valence-corrected chi connectivity index (χ2v) is 11.2. The SMILES string of the molecule is CN(Cc1ccc(C(C)(C)C)cc1)S(=O)(=O)C(F)(F)C(F)(F)C(F)(F)C(C)(C)C. The molecular formula is C19H27F6NO2S. The third-order valence-electron chi connectivity index (χ3n) is 4.66. The molecule has 0 saturated heterocycles. The van der Waals surface area contributed by atoms with E-state index in [1.165, 1.54) is 12.1 Å². The molecule has 0 fully saturated rings. The molecule has 29 heavy (non-hydrogen) atoms. The van der Waals surface area contributed by atoms with Gasteiger partial charge < -0.3 is 0 Å². The van der Waals surface area contributed by atoms with Gasteiger partial charge in [-0.05, 0) is 16.5 Å². The molecule has 0 bridgehead atoms. The van der Waals surface area contributed by atoms with E-state index >= 15 is 0 Å². The molecule has 0 spiro atoms. The minimum absolute atomic E-state index is 0.0360. The first-order valence-corrected chi connectivity index (χ1v) is 10.2. The second-order valence-electron chi connectivity index (χ2n) is 9.12. The normalized spacial score (nSPS) is 15.1. The lowest BCUT2D eigenvalue weighted by Gasteiger charge is -2.40. The van der Waals surface area contributed by atoms with Crippen LogP contribution in [0.5, 0.6) is 0 Å². The lowest BCUT2D eigenvalue weighted by Crippen LogP contribution is -2.64. The highest BCUT2D eigenvalue weighted by Gasteiger charge is 2.80. The number of nitrogens with zero attached hydrogens (tertiary/aromatic N) is 1. The van der Waals surface area contributed by atoms with Crippen LogP contribution in [-0.2, 0) is 22.0 Å². The van der Waals surface area contributed by atoms with Crippen LogP contribution >= 0.6 is 0 Å². The predicted molar refractivity (Wildman–Crippen MR) is 99.8 cm³/mol. The molecule has 3 nitrogen and oxygen atoms in total. The van der Waals surface area contributed by atoms with Gasteiger partial charge in [0.2, 0.25) is 0 Å². The Hall–Kier alpha value is -1.29. The van der Waals surface area contributed by atoms with Crippen molar-refractivity contribution in [1.82, 2.24) is 4.31 Å². The van der Waals surface area contributed by atoms with Crippen LogP contribution in [0.3, 0.4) is 0 Å². The van der Waals surface area contributed by atoms with E-state index in [0.717, 1.165) is 5.56 Å². The van der Waals surface area contributed by atoms with Crippen molar-refractivity contribution in [2.75, 3.05) is 7.05 Å². The summed E-state index contributed by atoms with van der Waals surface area (Å²) in [7, 11) is -5.46. The number of hydrogen-bond donors (Lipinski definition) is 0. The second kappa shape index (κ2) is 7.44. The third kappa shape index (κ3) is 4.42. The van der Waals surface area contributed by atoms with E-state index in [2.05, 4.69) is 0 Å². The molecule has 0 aliphatic rings. The highest BCUT2D eigenvalue weighted by atomic mass is 32.2. The highest BCUT2D eigenvalue weighted by Crippen LogP contribution is 2.55. The summed E-state index contributed by atoms with van der Waals surface area (Å²) in [5.41, 5.74) is -1.69. The third-order valence-corrected chi connectivity index (χ3v) is 6.52. The quantitative estimate of drug-likeness (QED) is 0.528. The summed E-state index contributed by atoms with van der Waals surface area (Å²) in [5.74, 6) is -11.4. The monoisotopic (exact) mass is 447 g/mol. The van der Waals surface area contributed by atoms with Gasteiger partial charge in [0, 0.05) is 19.0 Å². The Morgan fingerprint density at radius 3 is 1.55 bits per heavy atom. The molecule has 0 unspecified atom stereocenters. The largest absolute Gasteiger partial charge is 0.427 e. The first-order chi connectivity index (χ1) is 12.6. The van der Waals surface area contributed by atoms with Gasteiger partial charge in [-0.25, -0.2) is 8.42 Å². The van der Waals surface area contributed by atoms with Gasteiger partial charge in [-0.3, -0.25) is 0 Å². The molecule has 0 radical (unpaired) electrons. The molecule has 1 aromatic rings. The Morgan fingerprint density at radius 2 is 1.21 bits per heavy atom. The molecule has 0 aliphatic heterocycles. The molecule has 1 rings (SSSR count). The van der Waals surface area contributed by atoms with Crippen LogP contribution in [-0.4, -0.2) is 36.9 Å². The van der Waals surface area contributed by atoms with E-state index < -0.39 is 39.1 Å². The van der Waals surface area contributed by atoms with Gasteiger partial charge >= 0.3 is 17.1 Å². The molecule has 168 valence electrons. The summed E-state index contributed by atoms with van der Waals surface area (Å²) in [6, 6.07) is 6.23. The van der Waals surface area contributed by atoms with Crippen molar-refractivity contribution in [3.63, 3.8) is 0 Å². The maximum absolute atomic E-state index is 14.3. The van der Waals surface area contributed by atoms with Crippen LogP contribution in [0.4, 0.5) is 26.3 Å². The minimum Gasteiger partial charge on any atom is -0.206 e. The molecule has 0 N–H and O–H groups in total. The van der Waals surface area contributed by atoms with E-state index in [-0.39, 0.29) is 15.3 Å². The Labute approximate surface area is 168 Å². The van der Waals surface area contributed by atoms with Crippen molar-refractivity contribution in [3.8, 4) is 0 Å². The van der Waals surface area contributed by atoms with Crippen molar-refractivity contribution < 1.29 is 34.8 Å². The van der Waals surface area contributed by atoms with Crippen LogP contribution < -0.4 is 0 Å². The van der Waals surface area contributed by atoms with Gasteiger partial charge in [0.05, 0.1) is 0 Å². The van der Waals surface area contributed by atoms with Crippen molar-refractivity contribution in [3.05, 3.63) is 35.4 Å². The summed E-state index contributed by atoms with van der Waals surface area (Å²) in [6.45, 7) is 6.99. The van der Waals surface area contributed by atoms with Gasteiger partial charge in [-0.1, -0.05) is 65.8 Å². The highest BCUT2D eigenvalue weighted by molar-refractivity contribution is 7.90. The summed E-state index contributed by atoms with van der Waals surface area (Å²) in [6.07, 6.45) is 0. The summed E-state index contributed by atoms with van der Waals surface area (Å²) in [5, 5.41) is -6.02. The summed E-state index contributed by atoms with van der Waals surface area (Å²) in [4.78, 5) is 0. The van der Waals surface area contributed by atoms with Crippen molar-refractivity contribution >= 4 is 10.0 Å². The van der Waals surface area contributed by atoms with Crippen molar-refractivity contribution in [2.24, 2.45) is 5.41 Å². The van der Waals surface area contributed by atoms with Crippen LogP contribution in [0.1, 0.15) is 52.7 Å². The average Bonchev–Trinajstić information content (AvgIpc) is 2.52. The maximum Gasteiger partial charge on any atom is 0.427 e. The van der Waals surface area contributed by atoms with Crippen molar-refractivity contribution in [1.29, 1.82) is 0 Å². The molecule has 0 aliphatic carbocycles. The molecule has 0 aromatic heterocycles. The Balaban J connectivity index is 3.25. The van der Waals surface area contributed by atoms with E-state index in [9.17, 15) is 34.8 Å². The van der Waals surface area contributed by atoms with Gasteiger partial charge in [-0.2, -0.15) is 30.6 Å². The van der Waals surface area contributed by atoms with Crippen LogP contribution in [0.15, 0.2) is 24.3 Å². The van der Waals surface area contributed by atoms with Crippen LogP contribution in [0, 0.1) is 5.41 Å². The Bertz CT molecular complexity index is 822. The number of benzene rings is 1. The van der Waals surface area contributed by atoms with Gasteiger partial charge in [-0.15, -0.1) is 0 Å². The Morgan fingerprint density at radius 1 is 0.793 bits per heavy atom. The molecule has 0 heterocycles. The fraction of sp³-hybridized carbons (Fsp3) is 0.684. The van der Waals surface area contributed by atoms with E-state index in [1.807, 2.05) is 20.8 Å². The number of sulfonamides is 1. The van der Waals surface area contributed by atoms with E-state index in [0.29, 0.717) is 27.8 Å². The minimum atomic E-state index is -6.12. The molecule has 0 atom stereocenters. The molecule has 0 amide bonds. The van der Waals surface area contributed by atoms with E-state index in [4.69, 9.17) is 0 Å². The van der Waals surface area contributed by atoms with Gasteiger partial charge in [0.25, 0.3) is 10.0 Å². The zero-order chi connectivity index (χ0) is 23.3. The smallest absolute Gasteiger partial charge is 0.206 e. The zero-order valence-corrected chi connectivity index (χ0v) is 18.3. The van der Waals surface area contributed by atoms with Crippen molar-refractivity contribution in [2.45, 2.75) is 70.6 Å². The number of alkyl halides is 6. The number of halogens is 6. The first-order valence-electron chi connectivity index (χ1n) is 8.79. The molecular weight excluding hydrogens is 420 g/mol. The number of hydrogen-bond acceptors (Lipinski definition) is 2.